The number of nitrogens with one attached hydrogen (secondary N) is 2. The molecule has 0 atom stereocenters. The minimum Gasteiger partial charge on any atom is -0.312 e. The molecule has 0 aromatic heterocycles. The SMILES string of the molecule is CN1C=CC(CNCCS)=CN1. The van der Waals surface area contributed by atoms with E-state index >= 15 is 0 Å². The van der Waals surface area contributed by atoms with Gasteiger partial charge in [-0.05, 0) is 11.6 Å². The van der Waals surface area contributed by atoms with Crippen molar-refractivity contribution in [3.8, 4) is 0 Å². The summed E-state index contributed by atoms with van der Waals surface area (Å²) in [4.78, 5) is 0. The Kier molecular flexibility index (Phi) is 4.04. The van der Waals surface area contributed by atoms with E-state index in [0.717, 1.165) is 18.8 Å². The summed E-state index contributed by atoms with van der Waals surface area (Å²) < 4.78 is 0. The fourth-order valence-electron chi connectivity index (χ4n) is 0.905. The van der Waals surface area contributed by atoms with Crippen molar-refractivity contribution in [2.75, 3.05) is 25.9 Å². The maximum Gasteiger partial charge on any atom is 0.0274 e. The van der Waals surface area contributed by atoms with Crippen LogP contribution in [0.5, 0.6) is 0 Å². The first-order valence-corrected chi connectivity index (χ1v) is 4.64. The quantitative estimate of drug-likeness (QED) is 0.436. The summed E-state index contributed by atoms with van der Waals surface area (Å²) in [5.41, 5.74) is 4.34. The lowest BCUT2D eigenvalue weighted by Gasteiger charge is -2.19. The van der Waals surface area contributed by atoms with E-state index in [-0.39, 0.29) is 0 Å². The second kappa shape index (κ2) is 5.11. The van der Waals surface area contributed by atoms with Crippen LogP contribution in [0.15, 0.2) is 24.0 Å². The molecule has 1 heterocycles. The second-order valence-electron chi connectivity index (χ2n) is 2.68. The van der Waals surface area contributed by atoms with Crippen LogP contribution in [0.25, 0.3) is 0 Å². The van der Waals surface area contributed by atoms with E-state index in [0.29, 0.717) is 0 Å². The first-order valence-electron chi connectivity index (χ1n) is 4.01. The summed E-state index contributed by atoms with van der Waals surface area (Å²) in [5, 5.41) is 5.17. The zero-order valence-corrected chi connectivity index (χ0v) is 8.14. The summed E-state index contributed by atoms with van der Waals surface area (Å²) >= 11 is 4.11. The van der Waals surface area contributed by atoms with Crippen molar-refractivity contribution in [3.05, 3.63) is 24.0 Å². The molecule has 0 aliphatic carbocycles. The number of rotatable bonds is 4. The Hall–Kier alpha value is -0.610. The molecule has 0 bridgehead atoms. The predicted octanol–water partition coefficient (Wildman–Crippen LogP) is 0.353. The maximum atomic E-state index is 4.11. The third-order valence-electron chi connectivity index (χ3n) is 1.58. The van der Waals surface area contributed by atoms with Crippen molar-refractivity contribution >= 4 is 12.6 Å². The molecule has 0 saturated carbocycles. The Morgan fingerprint density at radius 1 is 1.67 bits per heavy atom. The highest BCUT2D eigenvalue weighted by Gasteiger charge is 1.97. The van der Waals surface area contributed by atoms with Crippen LogP contribution in [0.1, 0.15) is 0 Å². The van der Waals surface area contributed by atoms with Gasteiger partial charge in [0.15, 0.2) is 0 Å². The predicted molar refractivity (Wildman–Crippen MR) is 54.8 cm³/mol. The summed E-state index contributed by atoms with van der Waals surface area (Å²) in [7, 11) is 1.96. The molecular weight excluding hydrogens is 170 g/mol. The van der Waals surface area contributed by atoms with Crippen LogP contribution in [-0.4, -0.2) is 30.9 Å². The molecule has 0 aromatic rings. The Morgan fingerprint density at radius 2 is 2.50 bits per heavy atom. The number of nitrogens with zero attached hydrogens (tertiary/aromatic N) is 1. The monoisotopic (exact) mass is 185 g/mol. The molecule has 3 nitrogen and oxygen atoms in total. The van der Waals surface area contributed by atoms with Gasteiger partial charge in [0, 0.05) is 38.3 Å². The van der Waals surface area contributed by atoms with Crippen LogP contribution in [0.2, 0.25) is 0 Å². The molecule has 1 aliphatic rings. The van der Waals surface area contributed by atoms with Crippen molar-refractivity contribution in [2.45, 2.75) is 0 Å². The first-order chi connectivity index (χ1) is 5.83. The molecule has 4 heteroatoms. The number of hydrazine groups is 1. The molecule has 0 spiro atoms. The van der Waals surface area contributed by atoms with Gasteiger partial charge in [-0.3, -0.25) is 5.01 Å². The first kappa shape index (κ1) is 9.48. The fraction of sp³-hybridized carbons (Fsp3) is 0.500. The molecule has 0 fully saturated rings. The highest BCUT2D eigenvalue weighted by Crippen LogP contribution is 1.99. The summed E-state index contributed by atoms with van der Waals surface area (Å²) in [6.07, 6.45) is 6.07. The molecule has 0 radical (unpaired) electrons. The summed E-state index contributed by atoms with van der Waals surface area (Å²) in [5.74, 6) is 0.879. The van der Waals surface area contributed by atoms with E-state index in [9.17, 15) is 0 Å². The Bertz CT molecular complexity index is 189. The minimum atomic E-state index is 0.879. The normalized spacial score (nSPS) is 15.8. The molecule has 68 valence electrons. The molecule has 2 N–H and O–H groups in total. The average molecular weight is 185 g/mol. The zero-order chi connectivity index (χ0) is 8.81. The molecular formula is C8H15N3S. The van der Waals surface area contributed by atoms with Gasteiger partial charge >= 0.3 is 0 Å². The molecule has 1 rings (SSSR count). The number of hydrogen-bond donors (Lipinski definition) is 3. The Morgan fingerprint density at radius 3 is 3.08 bits per heavy atom. The van der Waals surface area contributed by atoms with Gasteiger partial charge in [-0.15, -0.1) is 0 Å². The molecule has 0 unspecified atom stereocenters. The molecule has 1 aliphatic heterocycles. The lowest BCUT2D eigenvalue weighted by Crippen LogP contribution is -2.29. The highest BCUT2D eigenvalue weighted by molar-refractivity contribution is 7.80. The lowest BCUT2D eigenvalue weighted by molar-refractivity contribution is 0.379. The fourth-order valence-corrected chi connectivity index (χ4v) is 1.06. The Labute approximate surface area is 78.9 Å². The van der Waals surface area contributed by atoms with Gasteiger partial charge in [0.25, 0.3) is 0 Å². The van der Waals surface area contributed by atoms with Crippen molar-refractivity contribution in [1.82, 2.24) is 15.8 Å². The smallest absolute Gasteiger partial charge is 0.0274 e. The van der Waals surface area contributed by atoms with E-state index in [1.165, 1.54) is 5.57 Å². The van der Waals surface area contributed by atoms with Crippen LogP contribution in [0.4, 0.5) is 0 Å². The minimum absolute atomic E-state index is 0.879. The van der Waals surface area contributed by atoms with Crippen molar-refractivity contribution < 1.29 is 0 Å². The molecule has 0 aromatic carbocycles. The topological polar surface area (TPSA) is 27.3 Å². The average Bonchev–Trinajstić information content (AvgIpc) is 2.09. The van der Waals surface area contributed by atoms with Crippen LogP contribution in [0, 0.1) is 0 Å². The van der Waals surface area contributed by atoms with E-state index in [1.807, 2.05) is 24.5 Å². The van der Waals surface area contributed by atoms with E-state index in [1.54, 1.807) is 0 Å². The van der Waals surface area contributed by atoms with Crippen molar-refractivity contribution in [1.29, 1.82) is 0 Å². The van der Waals surface area contributed by atoms with Crippen molar-refractivity contribution in [2.24, 2.45) is 0 Å². The highest BCUT2D eigenvalue weighted by atomic mass is 32.1. The molecule has 12 heavy (non-hydrogen) atoms. The third-order valence-corrected chi connectivity index (χ3v) is 1.81. The van der Waals surface area contributed by atoms with Crippen LogP contribution < -0.4 is 10.7 Å². The zero-order valence-electron chi connectivity index (χ0n) is 7.25. The van der Waals surface area contributed by atoms with Crippen LogP contribution in [0.3, 0.4) is 0 Å². The Balaban J connectivity index is 2.21. The van der Waals surface area contributed by atoms with Crippen LogP contribution >= 0.6 is 12.6 Å². The lowest BCUT2D eigenvalue weighted by atomic mass is 10.2. The van der Waals surface area contributed by atoms with Crippen LogP contribution in [-0.2, 0) is 0 Å². The van der Waals surface area contributed by atoms with Gasteiger partial charge in [-0.2, -0.15) is 12.6 Å². The number of hydrogen-bond acceptors (Lipinski definition) is 4. The van der Waals surface area contributed by atoms with Gasteiger partial charge in [0.2, 0.25) is 0 Å². The van der Waals surface area contributed by atoms with E-state index in [2.05, 4.69) is 29.4 Å². The maximum absolute atomic E-state index is 4.11. The standard InChI is InChI=1S/C8H15N3S/c1-11-4-2-8(7-10-11)6-9-3-5-12/h2,4,7,9-10,12H,3,5-6H2,1H3. The van der Waals surface area contributed by atoms with Gasteiger partial charge in [-0.25, -0.2) is 0 Å². The summed E-state index contributed by atoms with van der Waals surface area (Å²) in [6, 6.07) is 0. The molecule has 0 amide bonds. The van der Waals surface area contributed by atoms with Gasteiger partial charge < -0.3 is 10.7 Å². The molecule has 0 saturated heterocycles. The number of thiol groups is 1. The van der Waals surface area contributed by atoms with E-state index in [4.69, 9.17) is 0 Å². The van der Waals surface area contributed by atoms with Gasteiger partial charge in [0.1, 0.15) is 0 Å². The third kappa shape index (κ3) is 3.19. The summed E-state index contributed by atoms with van der Waals surface area (Å²) in [6.45, 7) is 1.85. The van der Waals surface area contributed by atoms with Crippen molar-refractivity contribution in [3.63, 3.8) is 0 Å². The largest absolute Gasteiger partial charge is 0.312 e. The van der Waals surface area contributed by atoms with Gasteiger partial charge in [-0.1, -0.05) is 0 Å². The van der Waals surface area contributed by atoms with E-state index < -0.39 is 0 Å². The van der Waals surface area contributed by atoms with Gasteiger partial charge in [0.05, 0.1) is 0 Å². The second-order valence-corrected chi connectivity index (χ2v) is 3.12.